The lowest BCUT2D eigenvalue weighted by molar-refractivity contribution is -0.134. The Labute approximate surface area is 179 Å². The topological polar surface area (TPSA) is 119 Å². The highest BCUT2D eigenvalue weighted by molar-refractivity contribution is 7.97. The Hall–Kier alpha value is -1.29. The maximum Gasteiger partial charge on any atom is 0.265 e. The summed E-state index contributed by atoms with van der Waals surface area (Å²) in [6.45, 7) is 6.57. The summed E-state index contributed by atoms with van der Waals surface area (Å²) in [6.07, 6.45) is 4.91. The molecular formula is C21H35NO7S. The molecule has 8 nitrogen and oxygen atoms in total. The molecule has 2 N–H and O–H groups in total. The Morgan fingerprint density at radius 1 is 1.30 bits per heavy atom. The van der Waals surface area contributed by atoms with Gasteiger partial charge in [-0.05, 0) is 51.9 Å². The molecule has 2 atom stereocenters. The fourth-order valence-electron chi connectivity index (χ4n) is 4.10. The largest absolute Gasteiger partial charge is 0.381 e. The van der Waals surface area contributed by atoms with Crippen molar-refractivity contribution in [3.05, 3.63) is 11.0 Å². The van der Waals surface area contributed by atoms with Gasteiger partial charge in [0.2, 0.25) is 0 Å². The van der Waals surface area contributed by atoms with Crippen LogP contribution in [-0.2, 0) is 28.9 Å². The van der Waals surface area contributed by atoms with Gasteiger partial charge in [-0.25, -0.2) is 13.9 Å². The lowest BCUT2D eigenvalue weighted by Crippen LogP contribution is -2.55. The van der Waals surface area contributed by atoms with Crippen LogP contribution in [0.5, 0.6) is 0 Å². The predicted molar refractivity (Wildman–Crippen MR) is 112 cm³/mol. The maximum absolute atomic E-state index is 13.3. The summed E-state index contributed by atoms with van der Waals surface area (Å²) in [5, 5.41) is 9.14. The first-order valence-corrected chi connectivity index (χ1v) is 12.2. The Kier molecular flexibility index (Phi) is 8.61. The van der Waals surface area contributed by atoms with Crippen molar-refractivity contribution in [3.8, 4) is 0 Å². The SMILES string of the molecule is CCCC(=O)C(C)CCOC1(C)CC=C(S(=O)(=O)C2(C(=O)NO)CCOCC2)CC1. The number of hydroxylamine groups is 1. The van der Waals surface area contributed by atoms with Crippen LogP contribution in [0.4, 0.5) is 0 Å². The van der Waals surface area contributed by atoms with Crippen LogP contribution in [0.15, 0.2) is 11.0 Å². The number of hydrogen-bond donors (Lipinski definition) is 2. The van der Waals surface area contributed by atoms with Crippen LogP contribution < -0.4 is 5.48 Å². The van der Waals surface area contributed by atoms with E-state index in [0.717, 1.165) is 6.42 Å². The molecule has 0 aromatic carbocycles. The quantitative estimate of drug-likeness (QED) is 0.392. The molecule has 2 rings (SSSR count). The fraction of sp³-hybridized carbons (Fsp3) is 0.810. The van der Waals surface area contributed by atoms with Gasteiger partial charge in [0.1, 0.15) is 5.78 Å². The Morgan fingerprint density at radius 3 is 2.50 bits per heavy atom. The molecule has 2 unspecified atom stereocenters. The number of nitrogens with one attached hydrogen (secondary N) is 1. The maximum atomic E-state index is 13.3. The number of rotatable bonds is 10. The minimum absolute atomic E-state index is 0.0104. The summed E-state index contributed by atoms with van der Waals surface area (Å²) in [5.41, 5.74) is 1.04. The summed E-state index contributed by atoms with van der Waals surface area (Å²) in [5.74, 6) is -0.705. The molecule has 30 heavy (non-hydrogen) atoms. The third-order valence-electron chi connectivity index (χ3n) is 6.38. The predicted octanol–water partition coefficient (Wildman–Crippen LogP) is 2.69. The molecular weight excluding hydrogens is 410 g/mol. The summed E-state index contributed by atoms with van der Waals surface area (Å²) in [4.78, 5) is 24.5. The van der Waals surface area contributed by atoms with Crippen molar-refractivity contribution < 1.29 is 32.7 Å². The number of sulfone groups is 1. The van der Waals surface area contributed by atoms with Crippen molar-refractivity contribution in [2.24, 2.45) is 5.92 Å². The summed E-state index contributed by atoms with van der Waals surface area (Å²) in [7, 11) is -3.95. The number of Topliss-reactive ketones (excluding diaryl/α,β-unsaturated/α-hetero) is 1. The second kappa shape index (κ2) is 10.3. The third-order valence-corrected chi connectivity index (χ3v) is 9.07. The van der Waals surface area contributed by atoms with Crippen LogP contribution in [0.25, 0.3) is 0 Å². The van der Waals surface area contributed by atoms with Crippen LogP contribution in [0.1, 0.15) is 72.1 Å². The van der Waals surface area contributed by atoms with Gasteiger partial charge in [0.25, 0.3) is 5.91 Å². The minimum atomic E-state index is -3.95. The lowest BCUT2D eigenvalue weighted by Gasteiger charge is -2.38. The zero-order valence-electron chi connectivity index (χ0n) is 18.2. The van der Waals surface area contributed by atoms with Crippen LogP contribution in [0.3, 0.4) is 0 Å². The monoisotopic (exact) mass is 445 g/mol. The highest BCUT2D eigenvalue weighted by Gasteiger charge is 2.53. The first-order valence-electron chi connectivity index (χ1n) is 10.7. The van der Waals surface area contributed by atoms with E-state index in [1.165, 1.54) is 0 Å². The van der Waals surface area contributed by atoms with E-state index in [-0.39, 0.29) is 49.1 Å². The molecule has 0 radical (unpaired) electrons. The summed E-state index contributed by atoms with van der Waals surface area (Å²) in [6, 6.07) is 0. The van der Waals surface area contributed by atoms with Gasteiger partial charge in [-0.15, -0.1) is 0 Å². The molecule has 1 aliphatic heterocycles. The number of hydrogen-bond acceptors (Lipinski definition) is 7. The Bertz CT molecular complexity index is 755. The highest BCUT2D eigenvalue weighted by atomic mass is 32.2. The molecule has 1 fully saturated rings. The molecule has 1 saturated heterocycles. The van der Waals surface area contributed by atoms with Gasteiger partial charge in [-0.1, -0.05) is 19.9 Å². The van der Waals surface area contributed by atoms with Crippen molar-refractivity contribution in [1.29, 1.82) is 0 Å². The van der Waals surface area contributed by atoms with E-state index in [4.69, 9.17) is 14.7 Å². The van der Waals surface area contributed by atoms with E-state index in [0.29, 0.717) is 32.3 Å². The average molecular weight is 446 g/mol. The van der Waals surface area contributed by atoms with Crippen LogP contribution >= 0.6 is 0 Å². The van der Waals surface area contributed by atoms with Gasteiger partial charge in [-0.3, -0.25) is 14.8 Å². The lowest BCUT2D eigenvalue weighted by atomic mass is 9.90. The average Bonchev–Trinajstić information content (AvgIpc) is 2.73. The molecule has 0 aromatic rings. The number of allylic oxidation sites excluding steroid dienone is 1. The summed E-state index contributed by atoms with van der Waals surface area (Å²) >= 11 is 0. The molecule has 0 saturated carbocycles. The molecule has 1 heterocycles. The van der Waals surface area contributed by atoms with E-state index in [1.54, 1.807) is 11.6 Å². The van der Waals surface area contributed by atoms with E-state index in [1.807, 2.05) is 20.8 Å². The smallest absolute Gasteiger partial charge is 0.265 e. The Balaban J connectivity index is 2.04. The fourth-order valence-corrected chi connectivity index (χ4v) is 6.27. The zero-order chi connectivity index (χ0) is 22.4. The van der Waals surface area contributed by atoms with Crippen molar-refractivity contribution in [2.75, 3.05) is 19.8 Å². The normalized spacial score (nSPS) is 25.3. The third kappa shape index (κ3) is 5.30. The molecule has 0 aromatic heterocycles. The van der Waals surface area contributed by atoms with Gasteiger partial charge in [-0.2, -0.15) is 0 Å². The molecule has 2 aliphatic rings. The zero-order valence-corrected chi connectivity index (χ0v) is 19.1. The van der Waals surface area contributed by atoms with E-state index < -0.39 is 26.1 Å². The number of ketones is 1. The Morgan fingerprint density at radius 2 is 1.97 bits per heavy atom. The number of amides is 1. The first-order chi connectivity index (χ1) is 14.1. The van der Waals surface area contributed by atoms with Gasteiger partial charge in [0, 0.05) is 37.1 Å². The van der Waals surface area contributed by atoms with Crippen LogP contribution in [0, 0.1) is 5.92 Å². The van der Waals surface area contributed by atoms with Crippen molar-refractivity contribution >= 4 is 21.5 Å². The van der Waals surface area contributed by atoms with E-state index in [9.17, 15) is 18.0 Å². The molecule has 1 amide bonds. The molecule has 0 spiro atoms. The summed E-state index contributed by atoms with van der Waals surface area (Å²) < 4.78 is 36.3. The van der Waals surface area contributed by atoms with Crippen LogP contribution in [0.2, 0.25) is 0 Å². The molecule has 1 aliphatic carbocycles. The van der Waals surface area contributed by atoms with Gasteiger partial charge >= 0.3 is 0 Å². The van der Waals surface area contributed by atoms with Crippen LogP contribution in [-0.4, -0.2) is 55.5 Å². The second-order valence-electron chi connectivity index (χ2n) is 8.63. The van der Waals surface area contributed by atoms with E-state index in [2.05, 4.69) is 0 Å². The molecule has 9 heteroatoms. The minimum Gasteiger partial charge on any atom is -0.381 e. The van der Waals surface area contributed by atoms with Gasteiger partial charge in [0.15, 0.2) is 14.6 Å². The van der Waals surface area contributed by atoms with Crippen molar-refractivity contribution in [3.63, 3.8) is 0 Å². The number of ether oxygens (including phenoxy) is 2. The van der Waals surface area contributed by atoms with Crippen molar-refractivity contribution in [1.82, 2.24) is 5.48 Å². The highest BCUT2D eigenvalue weighted by Crippen LogP contribution is 2.40. The van der Waals surface area contributed by atoms with Gasteiger partial charge < -0.3 is 9.47 Å². The molecule has 0 bridgehead atoms. The van der Waals surface area contributed by atoms with Crippen molar-refractivity contribution in [2.45, 2.75) is 82.5 Å². The standard InChI is InChI=1S/C21H35NO7S/c1-4-5-18(23)16(2)8-13-29-20(3)9-6-17(7-10-20)30(26,27)21(19(24)22-25)11-14-28-15-12-21/h6,16,25H,4-5,7-15H2,1-3H3,(H,22,24). The van der Waals surface area contributed by atoms with E-state index >= 15 is 0 Å². The molecule has 172 valence electrons. The van der Waals surface area contributed by atoms with Gasteiger partial charge in [0.05, 0.1) is 5.60 Å². The number of carbonyl (C=O) groups is 2. The second-order valence-corrected chi connectivity index (χ2v) is 10.9. The number of carbonyl (C=O) groups excluding carboxylic acids is 2. The first kappa shape index (κ1) is 25.0.